The third-order valence-corrected chi connectivity index (χ3v) is 4.46. The van der Waals surface area contributed by atoms with Crippen LogP contribution in [0, 0.1) is 5.92 Å². The Kier molecular flexibility index (Phi) is 5.13. The number of piperidine rings is 1. The second kappa shape index (κ2) is 7.47. The van der Waals surface area contributed by atoms with E-state index in [0.29, 0.717) is 23.0 Å². The summed E-state index contributed by atoms with van der Waals surface area (Å²) in [5.74, 6) is 1.49. The molecule has 120 valence electrons. The maximum Gasteiger partial charge on any atom is 0.251 e. The zero-order chi connectivity index (χ0) is 16.1. The highest BCUT2D eigenvalue weighted by Crippen LogP contribution is 2.21. The highest BCUT2D eigenvalue weighted by Gasteiger charge is 2.20. The van der Waals surface area contributed by atoms with Gasteiger partial charge in [0.1, 0.15) is 5.82 Å². The minimum atomic E-state index is -0.0559. The molecule has 0 atom stereocenters. The summed E-state index contributed by atoms with van der Waals surface area (Å²) in [7, 11) is 0. The molecule has 1 fully saturated rings. The van der Waals surface area contributed by atoms with Gasteiger partial charge in [0.25, 0.3) is 5.91 Å². The van der Waals surface area contributed by atoms with Gasteiger partial charge in [-0.1, -0.05) is 23.7 Å². The first-order valence-corrected chi connectivity index (χ1v) is 8.30. The molecule has 2 aromatic rings. The highest BCUT2D eigenvalue weighted by atomic mass is 35.5. The summed E-state index contributed by atoms with van der Waals surface area (Å²) >= 11 is 5.92. The van der Waals surface area contributed by atoms with Crippen molar-refractivity contribution >= 4 is 23.3 Å². The Morgan fingerprint density at radius 2 is 2.04 bits per heavy atom. The standard InChI is InChI=1S/C18H20ClN3O/c19-16-5-3-4-15(12-16)18(23)21-13-14-7-10-22(11-8-14)17-6-1-2-9-20-17/h1-6,9,12,14H,7-8,10-11,13H2,(H,21,23). The van der Waals surface area contributed by atoms with Crippen molar-refractivity contribution in [3.05, 3.63) is 59.2 Å². The van der Waals surface area contributed by atoms with Gasteiger partial charge in [0.05, 0.1) is 0 Å². The molecule has 0 bridgehead atoms. The highest BCUT2D eigenvalue weighted by molar-refractivity contribution is 6.30. The van der Waals surface area contributed by atoms with Crippen molar-refractivity contribution in [2.24, 2.45) is 5.92 Å². The molecular weight excluding hydrogens is 310 g/mol. The number of hydrogen-bond acceptors (Lipinski definition) is 3. The SMILES string of the molecule is O=C(NCC1CCN(c2ccccn2)CC1)c1cccc(Cl)c1. The molecule has 1 aromatic carbocycles. The quantitative estimate of drug-likeness (QED) is 0.935. The number of benzene rings is 1. The van der Waals surface area contributed by atoms with Crippen LogP contribution in [0.3, 0.4) is 0 Å². The van der Waals surface area contributed by atoms with E-state index in [0.717, 1.165) is 31.7 Å². The van der Waals surface area contributed by atoms with Crippen LogP contribution in [0.1, 0.15) is 23.2 Å². The Hall–Kier alpha value is -2.07. The summed E-state index contributed by atoms with van der Waals surface area (Å²) in [6.07, 6.45) is 3.95. The predicted molar refractivity (Wildman–Crippen MR) is 93.0 cm³/mol. The van der Waals surface area contributed by atoms with Crippen molar-refractivity contribution in [1.29, 1.82) is 0 Å². The molecule has 0 saturated carbocycles. The van der Waals surface area contributed by atoms with Gasteiger partial charge >= 0.3 is 0 Å². The first kappa shape index (κ1) is 15.8. The van der Waals surface area contributed by atoms with Crippen LogP contribution in [0.25, 0.3) is 0 Å². The van der Waals surface area contributed by atoms with Gasteiger partial charge in [0.2, 0.25) is 0 Å². The Bertz CT molecular complexity index is 654. The summed E-state index contributed by atoms with van der Waals surface area (Å²) in [6.45, 7) is 2.67. The normalized spacial score (nSPS) is 15.4. The van der Waals surface area contributed by atoms with Crippen LogP contribution in [0.4, 0.5) is 5.82 Å². The molecule has 1 aromatic heterocycles. The van der Waals surface area contributed by atoms with E-state index in [1.54, 1.807) is 24.3 Å². The maximum atomic E-state index is 12.1. The Balaban J connectivity index is 1.47. The first-order chi connectivity index (χ1) is 11.2. The number of anilines is 1. The van der Waals surface area contributed by atoms with E-state index in [-0.39, 0.29) is 5.91 Å². The average molecular weight is 330 g/mol. The molecule has 1 saturated heterocycles. The Morgan fingerprint density at radius 1 is 1.22 bits per heavy atom. The van der Waals surface area contributed by atoms with Crippen LogP contribution in [0.15, 0.2) is 48.7 Å². The lowest BCUT2D eigenvalue weighted by Gasteiger charge is -2.32. The molecule has 4 nitrogen and oxygen atoms in total. The van der Waals surface area contributed by atoms with Crippen molar-refractivity contribution in [3.63, 3.8) is 0 Å². The Labute approximate surface area is 141 Å². The smallest absolute Gasteiger partial charge is 0.251 e. The number of amides is 1. The molecule has 1 amide bonds. The van der Waals surface area contributed by atoms with E-state index in [2.05, 4.69) is 15.2 Å². The number of nitrogens with zero attached hydrogens (tertiary/aromatic N) is 2. The zero-order valence-corrected chi connectivity index (χ0v) is 13.7. The summed E-state index contributed by atoms with van der Waals surface area (Å²) < 4.78 is 0. The summed E-state index contributed by atoms with van der Waals surface area (Å²) in [5, 5.41) is 3.60. The number of halogens is 1. The van der Waals surface area contributed by atoms with Crippen LogP contribution >= 0.6 is 11.6 Å². The van der Waals surface area contributed by atoms with Crippen molar-refractivity contribution in [1.82, 2.24) is 10.3 Å². The third kappa shape index (κ3) is 4.23. The molecule has 2 heterocycles. The number of hydrogen-bond donors (Lipinski definition) is 1. The van der Waals surface area contributed by atoms with Crippen LogP contribution in [-0.2, 0) is 0 Å². The summed E-state index contributed by atoms with van der Waals surface area (Å²) in [5.41, 5.74) is 0.614. The van der Waals surface area contributed by atoms with Gasteiger partial charge in [0.15, 0.2) is 0 Å². The molecule has 23 heavy (non-hydrogen) atoms. The molecular formula is C18H20ClN3O. The third-order valence-electron chi connectivity index (χ3n) is 4.23. The molecule has 1 N–H and O–H groups in total. The average Bonchev–Trinajstić information content (AvgIpc) is 2.61. The van der Waals surface area contributed by atoms with Crippen LogP contribution in [0.5, 0.6) is 0 Å². The van der Waals surface area contributed by atoms with Gasteiger partial charge in [-0.2, -0.15) is 0 Å². The molecule has 0 unspecified atom stereocenters. The predicted octanol–water partition coefficient (Wildman–Crippen LogP) is 3.38. The van der Waals surface area contributed by atoms with Crippen LogP contribution in [-0.4, -0.2) is 30.5 Å². The number of carbonyl (C=O) groups is 1. The zero-order valence-electron chi connectivity index (χ0n) is 12.9. The lowest BCUT2D eigenvalue weighted by Crippen LogP contribution is -2.39. The van der Waals surface area contributed by atoms with Crippen LogP contribution in [0.2, 0.25) is 5.02 Å². The first-order valence-electron chi connectivity index (χ1n) is 7.92. The fourth-order valence-corrected chi connectivity index (χ4v) is 3.07. The number of nitrogens with one attached hydrogen (secondary N) is 1. The van der Waals surface area contributed by atoms with Crippen LogP contribution < -0.4 is 10.2 Å². The van der Waals surface area contributed by atoms with E-state index in [1.165, 1.54) is 0 Å². The lowest BCUT2D eigenvalue weighted by atomic mass is 9.96. The maximum absolute atomic E-state index is 12.1. The molecule has 3 rings (SSSR count). The summed E-state index contributed by atoms with van der Waals surface area (Å²) in [4.78, 5) is 18.8. The van der Waals surface area contributed by atoms with E-state index in [1.807, 2.05) is 24.4 Å². The van der Waals surface area contributed by atoms with Crippen molar-refractivity contribution in [3.8, 4) is 0 Å². The van der Waals surface area contributed by atoms with Gasteiger partial charge in [-0.25, -0.2) is 4.98 Å². The number of carbonyl (C=O) groups excluding carboxylic acids is 1. The summed E-state index contributed by atoms with van der Waals surface area (Å²) in [6, 6.07) is 13.0. The molecule has 1 aliphatic heterocycles. The minimum absolute atomic E-state index is 0.0559. The van der Waals surface area contributed by atoms with Gasteiger partial charge in [-0.3, -0.25) is 4.79 Å². The number of rotatable bonds is 4. The topological polar surface area (TPSA) is 45.2 Å². The molecule has 1 aliphatic rings. The second-order valence-electron chi connectivity index (χ2n) is 5.84. The van der Waals surface area contributed by atoms with Crippen molar-refractivity contribution < 1.29 is 4.79 Å². The van der Waals surface area contributed by atoms with E-state index in [4.69, 9.17) is 11.6 Å². The largest absolute Gasteiger partial charge is 0.357 e. The lowest BCUT2D eigenvalue weighted by molar-refractivity contribution is 0.0945. The fourth-order valence-electron chi connectivity index (χ4n) is 2.88. The number of aromatic nitrogens is 1. The molecule has 5 heteroatoms. The molecule has 0 aliphatic carbocycles. The second-order valence-corrected chi connectivity index (χ2v) is 6.28. The van der Waals surface area contributed by atoms with Gasteiger partial charge in [-0.05, 0) is 49.1 Å². The van der Waals surface area contributed by atoms with E-state index < -0.39 is 0 Å². The molecule has 0 spiro atoms. The molecule has 0 radical (unpaired) electrons. The van der Waals surface area contributed by atoms with Gasteiger partial charge < -0.3 is 10.2 Å². The van der Waals surface area contributed by atoms with Crippen molar-refractivity contribution in [2.45, 2.75) is 12.8 Å². The van der Waals surface area contributed by atoms with Gasteiger partial charge in [-0.15, -0.1) is 0 Å². The van der Waals surface area contributed by atoms with Crippen molar-refractivity contribution in [2.75, 3.05) is 24.5 Å². The monoisotopic (exact) mass is 329 g/mol. The fraction of sp³-hybridized carbons (Fsp3) is 0.333. The Morgan fingerprint density at radius 3 is 2.74 bits per heavy atom. The minimum Gasteiger partial charge on any atom is -0.357 e. The van der Waals surface area contributed by atoms with Gasteiger partial charge in [0, 0.05) is 36.4 Å². The van der Waals surface area contributed by atoms with E-state index in [9.17, 15) is 4.79 Å². The van der Waals surface area contributed by atoms with E-state index >= 15 is 0 Å². The number of pyridine rings is 1.